The summed E-state index contributed by atoms with van der Waals surface area (Å²) in [7, 11) is -0.582. The fraction of sp³-hybridized carbons (Fsp3) is 0.160. The van der Waals surface area contributed by atoms with E-state index in [-0.39, 0.29) is 17.3 Å². The van der Waals surface area contributed by atoms with Crippen LogP contribution in [-0.4, -0.2) is 35.1 Å². The SMILES string of the molecule is COC(=O)CCN(C)c1ccccc1C#Cc1ccccc1S(=O)(=O)Nc1ccccc1. The lowest BCUT2D eigenvalue weighted by atomic mass is 10.1. The molecule has 3 rings (SSSR count). The van der Waals surface area contributed by atoms with Gasteiger partial charge < -0.3 is 9.64 Å². The van der Waals surface area contributed by atoms with Gasteiger partial charge in [-0.2, -0.15) is 0 Å². The number of benzene rings is 3. The van der Waals surface area contributed by atoms with E-state index in [1.165, 1.54) is 13.2 Å². The van der Waals surface area contributed by atoms with Crippen LogP contribution in [0.2, 0.25) is 0 Å². The molecule has 0 saturated carbocycles. The predicted octanol–water partition coefficient (Wildman–Crippen LogP) is 3.89. The molecule has 32 heavy (non-hydrogen) atoms. The Balaban J connectivity index is 1.90. The quantitative estimate of drug-likeness (QED) is 0.438. The average Bonchev–Trinajstić information content (AvgIpc) is 2.81. The lowest BCUT2D eigenvalue weighted by molar-refractivity contribution is -0.140. The number of nitrogens with one attached hydrogen (secondary N) is 1. The van der Waals surface area contributed by atoms with Crippen LogP contribution >= 0.6 is 0 Å². The zero-order valence-corrected chi connectivity index (χ0v) is 18.7. The average molecular weight is 449 g/mol. The minimum absolute atomic E-state index is 0.105. The van der Waals surface area contributed by atoms with Crippen LogP contribution in [0.1, 0.15) is 17.5 Å². The van der Waals surface area contributed by atoms with Crippen molar-refractivity contribution in [3.8, 4) is 11.8 Å². The third-order valence-electron chi connectivity index (χ3n) is 4.73. The van der Waals surface area contributed by atoms with Gasteiger partial charge in [0.05, 0.1) is 19.2 Å². The van der Waals surface area contributed by atoms with E-state index < -0.39 is 10.0 Å². The molecule has 3 aromatic carbocycles. The van der Waals surface area contributed by atoms with Gasteiger partial charge in [-0.25, -0.2) is 8.42 Å². The molecule has 0 fully saturated rings. The van der Waals surface area contributed by atoms with E-state index >= 15 is 0 Å². The summed E-state index contributed by atoms with van der Waals surface area (Å²) in [5, 5.41) is 0. The zero-order valence-electron chi connectivity index (χ0n) is 17.9. The number of methoxy groups -OCH3 is 1. The normalized spacial score (nSPS) is 10.6. The molecule has 164 valence electrons. The van der Waals surface area contributed by atoms with Gasteiger partial charge in [0, 0.05) is 30.4 Å². The Kier molecular flexibility index (Phi) is 7.53. The molecule has 0 aliphatic rings. The molecule has 1 N–H and O–H groups in total. The van der Waals surface area contributed by atoms with E-state index in [0.29, 0.717) is 17.8 Å². The van der Waals surface area contributed by atoms with E-state index in [1.54, 1.807) is 42.5 Å². The third-order valence-corrected chi connectivity index (χ3v) is 6.17. The van der Waals surface area contributed by atoms with Crippen molar-refractivity contribution in [2.75, 3.05) is 30.3 Å². The summed E-state index contributed by atoms with van der Waals surface area (Å²) in [5.74, 6) is 5.81. The Labute approximate surface area is 188 Å². The number of anilines is 2. The van der Waals surface area contributed by atoms with Gasteiger partial charge in [0.2, 0.25) is 0 Å². The maximum atomic E-state index is 13.0. The number of para-hydroxylation sites is 2. The van der Waals surface area contributed by atoms with Gasteiger partial charge >= 0.3 is 5.97 Å². The van der Waals surface area contributed by atoms with Crippen molar-refractivity contribution in [1.29, 1.82) is 0 Å². The highest BCUT2D eigenvalue weighted by molar-refractivity contribution is 7.92. The highest BCUT2D eigenvalue weighted by atomic mass is 32.2. The second-order valence-electron chi connectivity index (χ2n) is 6.98. The molecule has 0 saturated heterocycles. The molecule has 3 aromatic rings. The van der Waals surface area contributed by atoms with E-state index in [4.69, 9.17) is 4.74 Å². The molecule has 0 aromatic heterocycles. The topological polar surface area (TPSA) is 75.7 Å². The lowest BCUT2D eigenvalue weighted by Gasteiger charge is -2.20. The Morgan fingerprint density at radius 1 is 0.906 bits per heavy atom. The van der Waals surface area contributed by atoms with Gasteiger partial charge in [0.15, 0.2) is 0 Å². The largest absolute Gasteiger partial charge is 0.469 e. The number of hydrogen-bond acceptors (Lipinski definition) is 5. The molecule has 7 heteroatoms. The highest BCUT2D eigenvalue weighted by Gasteiger charge is 2.17. The van der Waals surface area contributed by atoms with Crippen LogP contribution in [0.15, 0.2) is 83.8 Å². The number of esters is 1. The van der Waals surface area contributed by atoms with Crippen molar-refractivity contribution in [2.24, 2.45) is 0 Å². The number of sulfonamides is 1. The van der Waals surface area contributed by atoms with Gasteiger partial charge in [-0.05, 0) is 36.4 Å². The summed E-state index contributed by atoms with van der Waals surface area (Å²) in [6.45, 7) is 0.470. The van der Waals surface area contributed by atoms with Gasteiger partial charge in [0.1, 0.15) is 4.90 Å². The van der Waals surface area contributed by atoms with Gasteiger partial charge in [-0.3, -0.25) is 9.52 Å². The fourth-order valence-corrected chi connectivity index (χ4v) is 4.27. The molecular weight excluding hydrogens is 424 g/mol. The molecule has 0 amide bonds. The minimum Gasteiger partial charge on any atom is -0.469 e. The maximum absolute atomic E-state index is 13.0. The standard InChI is InChI=1S/C25H24N2O4S/c1-27(19-18-25(28)31-2)23-14-8-6-10-20(23)16-17-21-11-7-9-15-24(21)32(29,30)26-22-12-4-3-5-13-22/h3-15,26H,18-19H2,1-2H3. The Hall–Kier alpha value is -3.76. The van der Waals surface area contributed by atoms with Crippen LogP contribution in [-0.2, 0) is 19.6 Å². The van der Waals surface area contributed by atoms with Crippen LogP contribution in [0.4, 0.5) is 11.4 Å². The van der Waals surface area contributed by atoms with Gasteiger partial charge in [0.25, 0.3) is 10.0 Å². The second kappa shape index (κ2) is 10.5. The number of hydrogen-bond donors (Lipinski definition) is 1. The van der Waals surface area contributed by atoms with Crippen LogP contribution in [0.25, 0.3) is 0 Å². The number of carbonyl (C=O) groups excluding carboxylic acids is 1. The molecule has 0 aliphatic heterocycles. The van der Waals surface area contributed by atoms with Crippen molar-refractivity contribution in [3.05, 3.63) is 90.0 Å². The van der Waals surface area contributed by atoms with Crippen molar-refractivity contribution in [1.82, 2.24) is 0 Å². The first-order valence-electron chi connectivity index (χ1n) is 9.96. The highest BCUT2D eigenvalue weighted by Crippen LogP contribution is 2.21. The second-order valence-corrected chi connectivity index (χ2v) is 8.63. The molecular formula is C25H24N2O4S. The van der Waals surface area contributed by atoms with Gasteiger partial charge in [-0.1, -0.05) is 54.3 Å². The first kappa shape index (κ1) is 22.9. The first-order chi connectivity index (χ1) is 15.4. The molecule has 0 radical (unpaired) electrons. The molecule has 0 bridgehead atoms. The van der Waals surface area contributed by atoms with Crippen molar-refractivity contribution in [3.63, 3.8) is 0 Å². The summed E-state index contributed by atoms with van der Waals surface area (Å²) >= 11 is 0. The lowest BCUT2D eigenvalue weighted by Crippen LogP contribution is -2.22. The summed E-state index contributed by atoms with van der Waals surface area (Å²) in [4.78, 5) is 13.5. The summed E-state index contributed by atoms with van der Waals surface area (Å²) in [6.07, 6.45) is 0.251. The van der Waals surface area contributed by atoms with Crippen molar-refractivity contribution < 1.29 is 17.9 Å². The molecule has 0 unspecified atom stereocenters. The molecule has 0 spiro atoms. The summed E-state index contributed by atoms with van der Waals surface area (Å²) in [5.41, 5.74) is 2.44. The molecule has 0 aliphatic carbocycles. The van der Waals surface area contributed by atoms with Gasteiger partial charge in [-0.15, -0.1) is 0 Å². The molecule has 0 heterocycles. The minimum atomic E-state index is -3.81. The fourth-order valence-electron chi connectivity index (χ4n) is 3.05. The monoisotopic (exact) mass is 448 g/mol. The number of ether oxygens (including phenoxy) is 1. The van der Waals surface area contributed by atoms with Crippen molar-refractivity contribution in [2.45, 2.75) is 11.3 Å². The van der Waals surface area contributed by atoms with E-state index in [2.05, 4.69) is 16.6 Å². The van der Waals surface area contributed by atoms with Crippen LogP contribution < -0.4 is 9.62 Å². The van der Waals surface area contributed by atoms with Crippen LogP contribution in [0.5, 0.6) is 0 Å². The van der Waals surface area contributed by atoms with Crippen LogP contribution in [0.3, 0.4) is 0 Å². The zero-order chi connectivity index (χ0) is 23.0. The maximum Gasteiger partial charge on any atom is 0.307 e. The third kappa shape index (κ3) is 5.90. The Morgan fingerprint density at radius 2 is 1.50 bits per heavy atom. The number of nitrogens with zero attached hydrogens (tertiary/aromatic N) is 1. The Bertz CT molecular complexity index is 1250. The van der Waals surface area contributed by atoms with E-state index in [9.17, 15) is 13.2 Å². The van der Waals surface area contributed by atoms with Crippen LogP contribution in [0, 0.1) is 11.8 Å². The number of rotatable bonds is 7. The van der Waals surface area contributed by atoms with E-state index in [1.807, 2.05) is 42.3 Å². The number of carbonyl (C=O) groups is 1. The predicted molar refractivity (Wildman–Crippen MR) is 126 cm³/mol. The molecule has 6 nitrogen and oxygen atoms in total. The smallest absolute Gasteiger partial charge is 0.307 e. The Morgan fingerprint density at radius 3 is 2.22 bits per heavy atom. The summed E-state index contributed by atoms with van der Waals surface area (Å²) < 4.78 is 33.2. The van der Waals surface area contributed by atoms with E-state index in [0.717, 1.165) is 11.3 Å². The van der Waals surface area contributed by atoms with Crippen molar-refractivity contribution >= 4 is 27.4 Å². The molecule has 0 atom stereocenters. The first-order valence-corrected chi connectivity index (χ1v) is 11.4. The summed E-state index contributed by atoms with van der Waals surface area (Å²) in [6, 6.07) is 22.8.